The van der Waals surface area contributed by atoms with Crippen LogP contribution >= 0.6 is 23.2 Å². The van der Waals surface area contributed by atoms with Gasteiger partial charge in [0, 0.05) is 23.0 Å². The predicted octanol–water partition coefficient (Wildman–Crippen LogP) is 3.92. The third-order valence-corrected chi connectivity index (χ3v) is 4.79. The van der Waals surface area contributed by atoms with Gasteiger partial charge in [0.15, 0.2) is 0 Å². The van der Waals surface area contributed by atoms with E-state index in [0.29, 0.717) is 22.9 Å². The number of carbonyl (C=O) groups excluding carboxylic acids is 1. The van der Waals surface area contributed by atoms with E-state index in [-0.39, 0.29) is 5.91 Å². The summed E-state index contributed by atoms with van der Waals surface area (Å²) in [6, 6.07) is 5.42. The van der Waals surface area contributed by atoms with Gasteiger partial charge in [-0.05, 0) is 63.0 Å². The van der Waals surface area contributed by atoms with Crippen LogP contribution in [0.15, 0.2) is 18.2 Å². The molecule has 22 heavy (non-hydrogen) atoms. The van der Waals surface area contributed by atoms with Crippen molar-refractivity contribution in [2.75, 3.05) is 26.2 Å². The Bertz CT molecular complexity index is 467. The average Bonchev–Trinajstić information content (AvgIpc) is 2.52. The van der Waals surface area contributed by atoms with Gasteiger partial charge in [-0.1, -0.05) is 35.7 Å². The van der Waals surface area contributed by atoms with Gasteiger partial charge in [-0.15, -0.1) is 0 Å². The molecule has 1 amide bonds. The third kappa shape index (κ3) is 5.79. The van der Waals surface area contributed by atoms with E-state index in [9.17, 15) is 4.79 Å². The predicted molar refractivity (Wildman–Crippen MR) is 92.7 cm³/mol. The van der Waals surface area contributed by atoms with Crippen molar-refractivity contribution >= 4 is 29.1 Å². The van der Waals surface area contributed by atoms with Crippen LogP contribution in [0, 0.1) is 0 Å². The van der Waals surface area contributed by atoms with Gasteiger partial charge in [0.2, 0.25) is 5.91 Å². The molecule has 1 aromatic carbocycles. The Balaban J connectivity index is 1.61. The lowest BCUT2D eigenvalue weighted by atomic mass is 10.1. The molecule has 1 saturated heterocycles. The molecule has 1 aliphatic heterocycles. The molecule has 0 bridgehead atoms. The molecular formula is C17H24Cl2N2O. The molecule has 0 atom stereocenters. The van der Waals surface area contributed by atoms with Crippen LogP contribution in [0.1, 0.15) is 37.7 Å². The summed E-state index contributed by atoms with van der Waals surface area (Å²) < 4.78 is 0. The highest BCUT2D eigenvalue weighted by molar-refractivity contribution is 6.36. The Morgan fingerprint density at radius 3 is 2.50 bits per heavy atom. The van der Waals surface area contributed by atoms with Gasteiger partial charge in [-0.25, -0.2) is 0 Å². The van der Waals surface area contributed by atoms with Crippen LogP contribution in [0.2, 0.25) is 10.0 Å². The lowest BCUT2D eigenvalue weighted by Gasteiger charge is -2.26. The summed E-state index contributed by atoms with van der Waals surface area (Å²) in [5, 5.41) is 4.24. The lowest BCUT2D eigenvalue weighted by Crippen LogP contribution is -2.33. The maximum absolute atomic E-state index is 11.9. The molecule has 0 spiro atoms. The summed E-state index contributed by atoms with van der Waals surface area (Å²) in [4.78, 5) is 14.4. The highest BCUT2D eigenvalue weighted by Crippen LogP contribution is 2.25. The van der Waals surface area contributed by atoms with E-state index >= 15 is 0 Å². The number of rotatable bonds is 7. The molecule has 1 fully saturated rings. The van der Waals surface area contributed by atoms with Gasteiger partial charge in [-0.2, -0.15) is 0 Å². The van der Waals surface area contributed by atoms with E-state index in [4.69, 9.17) is 23.2 Å². The summed E-state index contributed by atoms with van der Waals surface area (Å²) in [7, 11) is 0. The van der Waals surface area contributed by atoms with Crippen LogP contribution in [-0.4, -0.2) is 37.0 Å². The van der Waals surface area contributed by atoms with E-state index in [2.05, 4.69) is 10.2 Å². The van der Waals surface area contributed by atoms with Crippen molar-refractivity contribution in [1.29, 1.82) is 0 Å². The molecule has 5 heteroatoms. The number of amides is 1. The summed E-state index contributed by atoms with van der Waals surface area (Å²) >= 11 is 12.2. The Labute approximate surface area is 143 Å². The largest absolute Gasteiger partial charge is 0.356 e. The molecule has 0 saturated carbocycles. The van der Waals surface area contributed by atoms with Crippen molar-refractivity contribution in [2.45, 2.75) is 38.5 Å². The quantitative estimate of drug-likeness (QED) is 0.761. The first-order chi connectivity index (χ1) is 10.7. The lowest BCUT2D eigenvalue weighted by molar-refractivity contribution is -0.121. The fourth-order valence-corrected chi connectivity index (χ4v) is 3.40. The first-order valence-corrected chi connectivity index (χ1v) is 8.84. The van der Waals surface area contributed by atoms with Gasteiger partial charge in [-0.3, -0.25) is 4.79 Å². The number of hydrogen-bond donors (Lipinski definition) is 1. The third-order valence-electron chi connectivity index (χ3n) is 4.09. The highest BCUT2D eigenvalue weighted by atomic mass is 35.5. The van der Waals surface area contributed by atoms with Crippen molar-refractivity contribution < 1.29 is 4.79 Å². The molecule has 3 nitrogen and oxygen atoms in total. The fourth-order valence-electron chi connectivity index (χ4n) is 2.81. The summed E-state index contributed by atoms with van der Waals surface area (Å²) in [6.45, 7) is 4.24. The smallest absolute Gasteiger partial charge is 0.220 e. The number of hydrogen-bond acceptors (Lipinski definition) is 2. The summed E-state index contributed by atoms with van der Waals surface area (Å²) in [6.07, 6.45) is 6.00. The van der Waals surface area contributed by atoms with Gasteiger partial charge < -0.3 is 10.2 Å². The first-order valence-electron chi connectivity index (χ1n) is 8.09. The number of carbonyl (C=O) groups is 1. The molecule has 1 aromatic rings. The number of benzene rings is 1. The van der Waals surface area contributed by atoms with Crippen molar-refractivity contribution in [2.24, 2.45) is 0 Å². The van der Waals surface area contributed by atoms with E-state index < -0.39 is 0 Å². The van der Waals surface area contributed by atoms with Crippen LogP contribution in [-0.2, 0) is 11.2 Å². The molecule has 2 rings (SSSR count). The zero-order valence-corrected chi connectivity index (χ0v) is 14.4. The van der Waals surface area contributed by atoms with Crippen LogP contribution < -0.4 is 5.32 Å². The number of likely N-dealkylation sites (tertiary alicyclic amines) is 1. The van der Waals surface area contributed by atoms with Crippen molar-refractivity contribution in [3.8, 4) is 0 Å². The minimum absolute atomic E-state index is 0.0645. The van der Waals surface area contributed by atoms with Crippen LogP contribution in [0.3, 0.4) is 0 Å². The second kappa shape index (κ2) is 9.39. The standard InChI is InChI=1S/C17H24Cl2N2O/c18-15-6-4-7-16(19)14(15)8-9-17(22)20-10-5-13-21-11-2-1-3-12-21/h4,6-7H,1-3,5,8-13H2,(H,20,22). The molecule has 0 aromatic heterocycles. The van der Waals surface area contributed by atoms with Crippen LogP contribution in [0.4, 0.5) is 0 Å². The van der Waals surface area contributed by atoms with Crippen molar-refractivity contribution in [3.63, 3.8) is 0 Å². The summed E-state index contributed by atoms with van der Waals surface area (Å²) in [5.41, 5.74) is 0.856. The Morgan fingerprint density at radius 2 is 1.82 bits per heavy atom. The van der Waals surface area contributed by atoms with Gasteiger partial charge in [0.05, 0.1) is 0 Å². The van der Waals surface area contributed by atoms with Gasteiger partial charge >= 0.3 is 0 Å². The molecule has 1 heterocycles. The SMILES string of the molecule is O=C(CCc1c(Cl)cccc1Cl)NCCCN1CCCCC1. The summed E-state index contributed by atoms with van der Waals surface area (Å²) in [5.74, 6) is 0.0645. The zero-order valence-electron chi connectivity index (χ0n) is 12.9. The second-order valence-electron chi connectivity index (χ2n) is 5.81. The fraction of sp³-hybridized carbons (Fsp3) is 0.588. The minimum atomic E-state index is 0.0645. The Kier molecular flexibility index (Phi) is 7.50. The number of nitrogens with one attached hydrogen (secondary N) is 1. The Hall–Kier alpha value is -0.770. The molecule has 122 valence electrons. The van der Waals surface area contributed by atoms with Crippen molar-refractivity contribution in [3.05, 3.63) is 33.8 Å². The maximum atomic E-state index is 11.9. The van der Waals surface area contributed by atoms with Crippen molar-refractivity contribution in [1.82, 2.24) is 10.2 Å². The normalized spacial score (nSPS) is 15.7. The number of piperidine rings is 1. The van der Waals surface area contributed by atoms with E-state index in [0.717, 1.165) is 25.1 Å². The van der Waals surface area contributed by atoms with Gasteiger partial charge in [0.1, 0.15) is 0 Å². The topological polar surface area (TPSA) is 32.3 Å². The van der Waals surface area contributed by atoms with E-state index in [1.54, 1.807) is 12.1 Å². The van der Waals surface area contributed by atoms with E-state index in [1.807, 2.05) is 6.07 Å². The van der Waals surface area contributed by atoms with Gasteiger partial charge in [0.25, 0.3) is 0 Å². The van der Waals surface area contributed by atoms with E-state index in [1.165, 1.54) is 32.4 Å². The number of halogens is 2. The monoisotopic (exact) mass is 342 g/mol. The molecule has 0 radical (unpaired) electrons. The Morgan fingerprint density at radius 1 is 1.14 bits per heavy atom. The first kappa shape index (κ1) is 17.6. The van der Waals surface area contributed by atoms with Crippen LogP contribution in [0.25, 0.3) is 0 Å². The minimum Gasteiger partial charge on any atom is -0.356 e. The van der Waals surface area contributed by atoms with Crippen LogP contribution in [0.5, 0.6) is 0 Å². The zero-order chi connectivity index (χ0) is 15.8. The molecule has 0 aliphatic carbocycles. The molecule has 1 N–H and O–H groups in total. The highest BCUT2D eigenvalue weighted by Gasteiger charge is 2.10. The maximum Gasteiger partial charge on any atom is 0.220 e. The second-order valence-corrected chi connectivity index (χ2v) is 6.62. The molecular weight excluding hydrogens is 319 g/mol. The molecule has 1 aliphatic rings. The molecule has 0 unspecified atom stereocenters. The average molecular weight is 343 g/mol. The number of nitrogens with zero attached hydrogens (tertiary/aromatic N) is 1.